The first-order chi connectivity index (χ1) is 12.1. The molecular weight excluding hydrogens is 320 g/mol. The molecule has 142 valence electrons. The summed E-state index contributed by atoms with van der Waals surface area (Å²) in [5.74, 6) is 0.864. The summed E-state index contributed by atoms with van der Waals surface area (Å²) in [6.45, 7) is 6.38. The Morgan fingerprint density at radius 3 is 2.64 bits per heavy atom. The molecule has 1 saturated heterocycles. The number of hydrogen-bond donors (Lipinski definition) is 1. The number of rotatable bonds is 7. The Labute approximate surface area is 150 Å². The van der Waals surface area contributed by atoms with E-state index >= 15 is 0 Å². The number of morpholine rings is 1. The van der Waals surface area contributed by atoms with Gasteiger partial charge in [-0.2, -0.15) is 0 Å². The van der Waals surface area contributed by atoms with E-state index < -0.39 is 6.10 Å². The SMILES string of the molecule is C[C@H](OC(=O)[C@H]1C[C@H]1C1CCCCC1)C(=O)NCCN1CCOCC1. The van der Waals surface area contributed by atoms with E-state index in [4.69, 9.17) is 9.47 Å². The molecule has 2 saturated carbocycles. The van der Waals surface area contributed by atoms with Crippen molar-refractivity contribution in [2.75, 3.05) is 39.4 Å². The lowest BCUT2D eigenvalue weighted by Crippen LogP contribution is -2.43. The van der Waals surface area contributed by atoms with E-state index in [2.05, 4.69) is 10.2 Å². The lowest BCUT2D eigenvalue weighted by Gasteiger charge is -2.26. The predicted molar refractivity (Wildman–Crippen MR) is 94.0 cm³/mol. The van der Waals surface area contributed by atoms with Gasteiger partial charge >= 0.3 is 5.97 Å². The summed E-state index contributed by atoms with van der Waals surface area (Å²) in [6.07, 6.45) is 6.69. The zero-order valence-electron chi connectivity index (χ0n) is 15.4. The van der Waals surface area contributed by atoms with Crippen LogP contribution in [0.25, 0.3) is 0 Å². The smallest absolute Gasteiger partial charge is 0.310 e. The van der Waals surface area contributed by atoms with Crippen molar-refractivity contribution in [3.8, 4) is 0 Å². The Hall–Kier alpha value is -1.14. The number of nitrogens with one attached hydrogen (secondary N) is 1. The van der Waals surface area contributed by atoms with E-state index in [0.717, 1.165) is 39.3 Å². The van der Waals surface area contributed by atoms with Crippen LogP contribution in [0.3, 0.4) is 0 Å². The molecule has 0 aromatic rings. The first-order valence-corrected chi connectivity index (χ1v) is 9.93. The van der Waals surface area contributed by atoms with Crippen molar-refractivity contribution in [3.05, 3.63) is 0 Å². The van der Waals surface area contributed by atoms with Crippen molar-refractivity contribution in [2.45, 2.75) is 51.6 Å². The molecule has 0 aromatic heterocycles. The highest BCUT2D eigenvalue weighted by Gasteiger charge is 2.49. The van der Waals surface area contributed by atoms with E-state index in [-0.39, 0.29) is 17.8 Å². The molecule has 25 heavy (non-hydrogen) atoms. The normalized spacial score (nSPS) is 29.0. The lowest BCUT2D eigenvalue weighted by molar-refractivity contribution is -0.156. The van der Waals surface area contributed by atoms with Crippen molar-refractivity contribution in [2.24, 2.45) is 17.8 Å². The fourth-order valence-corrected chi connectivity index (χ4v) is 4.19. The van der Waals surface area contributed by atoms with Gasteiger partial charge in [0.1, 0.15) is 0 Å². The third-order valence-corrected chi connectivity index (χ3v) is 5.89. The van der Waals surface area contributed by atoms with Crippen LogP contribution in [0, 0.1) is 17.8 Å². The van der Waals surface area contributed by atoms with Gasteiger partial charge in [0.2, 0.25) is 0 Å². The minimum atomic E-state index is -0.704. The first-order valence-electron chi connectivity index (χ1n) is 9.93. The van der Waals surface area contributed by atoms with Gasteiger partial charge in [-0.1, -0.05) is 32.1 Å². The number of esters is 1. The molecule has 0 unspecified atom stereocenters. The average Bonchev–Trinajstić information content (AvgIpc) is 3.44. The molecule has 3 atom stereocenters. The van der Waals surface area contributed by atoms with Gasteiger partial charge in [-0.15, -0.1) is 0 Å². The van der Waals surface area contributed by atoms with E-state index in [1.54, 1.807) is 6.92 Å². The Balaban J connectivity index is 1.31. The Kier molecular flexibility index (Phi) is 6.70. The quantitative estimate of drug-likeness (QED) is 0.705. The van der Waals surface area contributed by atoms with Gasteiger partial charge in [0.05, 0.1) is 19.1 Å². The maximum absolute atomic E-state index is 12.3. The summed E-state index contributed by atoms with van der Waals surface area (Å²) in [4.78, 5) is 26.6. The second-order valence-electron chi connectivity index (χ2n) is 7.73. The van der Waals surface area contributed by atoms with Gasteiger partial charge in [0.25, 0.3) is 5.91 Å². The van der Waals surface area contributed by atoms with Gasteiger partial charge in [0, 0.05) is 26.2 Å². The summed E-state index contributed by atoms with van der Waals surface area (Å²) in [5, 5.41) is 2.87. The fraction of sp³-hybridized carbons (Fsp3) is 0.895. The molecule has 1 N–H and O–H groups in total. The summed E-state index contributed by atoms with van der Waals surface area (Å²) >= 11 is 0. The highest BCUT2D eigenvalue weighted by molar-refractivity contribution is 5.84. The predicted octanol–water partition coefficient (Wildman–Crippen LogP) is 1.58. The molecule has 1 heterocycles. The van der Waals surface area contributed by atoms with Crippen LogP contribution in [0.2, 0.25) is 0 Å². The monoisotopic (exact) mass is 352 g/mol. The Morgan fingerprint density at radius 1 is 1.20 bits per heavy atom. The lowest BCUT2D eigenvalue weighted by atomic mass is 9.85. The third-order valence-electron chi connectivity index (χ3n) is 5.89. The fourth-order valence-electron chi connectivity index (χ4n) is 4.19. The van der Waals surface area contributed by atoms with Crippen LogP contribution in [0.1, 0.15) is 45.4 Å². The minimum absolute atomic E-state index is 0.0340. The number of hydrogen-bond acceptors (Lipinski definition) is 5. The summed E-state index contributed by atoms with van der Waals surface area (Å²) in [5.41, 5.74) is 0. The van der Waals surface area contributed by atoms with Gasteiger partial charge in [-0.25, -0.2) is 0 Å². The van der Waals surface area contributed by atoms with E-state index in [1.165, 1.54) is 32.1 Å². The van der Waals surface area contributed by atoms with Gasteiger partial charge < -0.3 is 14.8 Å². The molecular formula is C19H32N2O4. The van der Waals surface area contributed by atoms with Gasteiger partial charge in [-0.05, 0) is 25.2 Å². The molecule has 3 fully saturated rings. The molecule has 0 radical (unpaired) electrons. The van der Waals surface area contributed by atoms with Gasteiger partial charge in [-0.3, -0.25) is 14.5 Å². The molecule has 6 heteroatoms. The maximum atomic E-state index is 12.3. The molecule has 3 aliphatic rings. The van der Waals surface area contributed by atoms with E-state index in [1.807, 2.05) is 0 Å². The van der Waals surface area contributed by atoms with E-state index in [9.17, 15) is 9.59 Å². The van der Waals surface area contributed by atoms with Crippen LogP contribution in [-0.2, 0) is 19.1 Å². The zero-order chi connectivity index (χ0) is 17.6. The van der Waals surface area contributed by atoms with Crippen LogP contribution in [0.15, 0.2) is 0 Å². The van der Waals surface area contributed by atoms with Crippen LogP contribution in [0.5, 0.6) is 0 Å². The van der Waals surface area contributed by atoms with Crippen LogP contribution >= 0.6 is 0 Å². The highest BCUT2D eigenvalue weighted by atomic mass is 16.5. The minimum Gasteiger partial charge on any atom is -0.452 e. The standard InChI is InChI=1S/C19H32N2O4/c1-14(18(22)20-7-8-21-9-11-24-12-10-21)25-19(23)17-13-16(17)15-5-3-2-4-6-15/h14-17H,2-13H2,1H3,(H,20,22)/t14-,16-,17-/m0/s1. The van der Waals surface area contributed by atoms with Crippen molar-refractivity contribution < 1.29 is 19.1 Å². The summed E-state index contributed by atoms with van der Waals surface area (Å²) < 4.78 is 10.7. The molecule has 1 aliphatic heterocycles. The molecule has 1 amide bonds. The second kappa shape index (κ2) is 8.99. The number of amides is 1. The highest BCUT2D eigenvalue weighted by Crippen LogP contribution is 2.49. The summed E-state index contributed by atoms with van der Waals surface area (Å²) in [6, 6.07) is 0. The number of ether oxygens (including phenoxy) is 2. The summed E-state index contributed by atoms with van der Waals surface area (Å²) in [7, 11) is 0. The van der Waals surface area contributed by atoms with Crippen LogP contribution < -0.4 is 5.32 Å². The molecule has 6 nitrogen and oxygen atoms in total. The van der Waals surface area contributed by atoms with Crippen LogP contribution in [-0.4, -0.2) is 62.3 Å². The number of carbonyl (C=O) groups excluding carboxylic acids is 2. The third kappa shape index (κ3) is 5.42. The van der Waals surface area contributed by atoms with Crippen molar-refractivity contribution in [1.29, 1.82) is 0 Å². The first kappa shape index (κ1) is 18.6. The van der Waals surface area contributed by atoms with E-state index in [0.29, 0.717) is 18.4 Å². The molecule has 0 spiro atoms. The average molecular weight is 352 g/mol. The second-order valence-corrected chi connectivity index (χ2v) is 7.73. The maximum Gasteiger partial charge on any atom is 0.310 e. The van der Waals surface area contributed by atoms with Crippen molar-refractivity contribution >= 4 is 11.9 Å². The molecule has 0 bridgehead atoms. The van der Waals surface area contributed by atoms with Gasteiger partial charge in [0.15, 0.2) is 6.10 Å². The Morgan fingerprint density at radius 2 is 1.92 bits per heavy atom. The molecule has 2 aliphatic carbocycles. The van der Waals surface area contributed by atoms with Crippen molar-refractivity contribution in [3.63, 3.8) is 0 Å². The largest absolute Gasteiger partial charge is 0.452 e. The molecule has 3 rings (SSSR count). The Bertz CT molecular complexity index is 458. The topological polar surface area (TPSA) is 67.9 Å². The number of carbonyl (C=O) groups is 2. The zero-order valence-corrected chi connectivity index (χ0v) is 15.4. The van der Waals surface area contributed by atoms with Crippen LogP contribution in [0.4, 0.5) is 0 Å². The van der Waals surface area contributed by atoms with Crippen molar-refractivity contribution in [1.82, 2.24) is 10.2 Å². The number of nitrogens with zero attached hydrogens (tertiary/aromatic N) is 1. The molecule has 0 aromatic carbocycles.